The van der Waals surface area contributed by atoms with E-state index in [1.165, 1.54) is 17.3 Å². The maximum Gasteiger partial charge on any atom is 0.420 e. The Bertz CT molecular complexity index is 2270. The standard InChI is InChI=1S/C35H30F7N9O2S/c1-15(25-30(44)47-7-6-46-25)51-9-10-52-27-22-26(48-33(49-32(22)51)53-14-34-5-2-8-50(34)13-16(11-34)29(38)39)24(37)21(23(27)35(40,41)42)17-3-4-19(36)28-20(17)18(12-43)31(45)54-28/h3-4,6-7,15,17,20H,2,5,8-11,13-14,45H2,1H3,(H2,44,47)/t15-,17+,20?,34+/m1/s1. The van der Waals surface area contributed by atoms with Crippen molar-refractivity contribution in [3.8, 4) is 17.8 Å². The summed E-state index contributed by atoms with van der Waals surface area (Å²) in [6, 6.07) is 0.637. The highest BCUT2D eigenvalue weighted by Gasteiger charge is 2.50. The molecule has 4 atom stereocenters. The van der Waals surface area contributed by atoms with Crippen molar-refractivity contribution >= 4 is 34.3 Å². The number of benzene rings is 1. The van der Waals surface area contributed by atoms with Gasteiger partial charge in [0.25, 0.3) is 6.08 Å². The number of nitriles is 1. The lowest BCUT2D eigenvalue weighted by molar-refractivity contribution is -0.139. The predicted octanol–water partition coefficient (Wildman–Crippen LogP) is 6.78. The molecule has 0 bridgehead atoms. The summed E-state index contributed by atoms with van der Waals surface area (Å²) in [4.78, 5) is 20.6. The third kappa shape index (κ3) is 5.60. The second kappa shape index (κ2) is 13.0. The molecule has 4 N–H and O–H groups in total. The monoisotopic (exact) mass is 773 g/mol. The SMILES string of the molecule is C[C@H](c1nccnc1N)N1CCOc2c(C(F)(F)F)c([C@H]3C=CC(F)=C4SC(N)=C(C#N)C43)c(F)c3nc(OC[C@@]45CCCN4CC(=C(F)F)C5)nc1c23. The van der Waals surface area contributed by atoms with Crippen LogP contribution >= 0.6 is 11.8 Å². The van der Waals surface area contributed by atoms with Gasteiger partial charge in [0.15, 0.2) is 5.82 Å². The van der Waals surface area contributed by atoms with Gasteiger partial charge in [-0.1, -0.05) is 17.8 Å². The number of rotatable bonds is 6. The molecule has 1 unspecified atom stereocenters. The van der Waals surface area contributed by atoms with Crippen LogP contribution in [0.25, 0.3) is 10.9 Å². The van der Waals surface area contributed by atoms with Crippen LogP contribution in [-0.4, -0.2) is 63.2 Å². The predicted molar refractivity (Wildman–Crippen MR) is 183 cm³/mol. The van der Waals surface area contributed by atoms with Gasteiger partial charge in [0, 0.05) is 46.8 Å². The molecule has 4 aliphatic heterocycles. The van der Waals surface area contributed by atoms with Crippen LogP contribution in [0, 0.1) is 23.1 Å². The summed E-state index contributed by atoms with van der Waals surface area (Å²) in [5.41, 5.74) is 8.34. The van der Waals surface area contributed by atoms with E-state index >= 15 is 22.0 Å². The minimum Gasteiger partial charge on any atom is -0.490 e. The highest BCUT2D eigenvalue weighted by atomic mass is 32.2. The fraction of sp³-hybridized carbons (Fsp3) is 0.400. The number of nitrogen functional groups attached to an aromatic ring is 1. The van der Waals surface area contributed by atoms with Gasteiger partial charge in [0.05, 0.1) is 40.2 Å². The first-order valence-electron chi connectivity index (χ1n) is 16.9. The van der Waals surface area contributed by atoms with Crippen LogP contribution in [0.4, 0.5) is 42.4 Å². The number of alkyl halides is 3. The Morgan fingerprint density at radius 3 is 2.69 bits per heavy atom. The number of ether oxygens (including phenoxy) is 2. The Balaban J connectivity index is 1.35. The van der Waals surface area contributed by atoms with Gasteiger partial charge in [-0.25, -0.2) is 13.8 Å². The average Bonchev–Trinajstić information content (AvgIpc) is 3.76. The molecule has 5 aliphatic rings. The fourth-order valence-corrected chi connectivity index (χ4v) is 9.42. The maximum absolute atomic E-state index is 17.4. The van der Waals surface area contributed by atoms with E-state index < -0.39 is 81.1 Å². The number of fused-ring (bicyclic) bond motifs is 2. The minimum absolute atomic E-state index is 0.0218. The zero-order valence-electron chi connectivity index (χ0n) is 28.4. The molecule has 19 heteroatoms. The molecule has 0 spiro atoms. The first-order valence-corrected chi connectivity index (χ1v) is 17.7. The number of allylic oxidation sites excluding steroid dienone is 5. The third-order valence-electron chi connectivity index (χ3n) is 10.8. The van der Waals surface area contributed by atoms with Gasteiger partial charge in [0.2, 0.25) is 0 Å². The summed E-state index contributed by atoms with van der Waals surface area (Å²) in [6.45, 7) is 1.64. The van der Waals surface area contributed by atoms with Crippen molar-refractivity contribution in [2.24, 2.45) is 11.7 Å². The van der Waals surface area contributed by atoms with Gasteiger partial charge in [-0.2, -0.15) is 37.2 Å². The van der Waals surface area contributed by atoms with Crippen LogP contribution in [-0.2, 0) is 6.18 Å². The third-order valence-corrected chi connectivity index (χ3v) is 11.9. The molecule has 0 radical (unpaired) electrons. The molecule has 2 aromatic heterocycles. The molecule has 8 rings (SSSR count). The zero-order chi connectivity index (χ0) is 38.3. The summed E-state index contributed by atoms with van der Waals surface area (Å²) in [5.74, 6) is -6.09. The van der Waals surface area contributed by atoms with Crippen molar-refractivity contribution in [1.29, 1.82) is 5.26 Å². The van der Waals surface area contributed by atoms with Gasteiger partial charge in [-0.3, -0.25) is 9.88 Å². The van der Waals surface area contributed by atoms with Crippen molar-refractivity contribution in [3.63, 3.8) is 0 Å². The first kappa shape index (κ1) is 35.9. The van der Waals surface area contributed by atoms with Crippen LogP contribution in [0.15, 0.2) is 57.5 Å². The normalized spacial score (nSPS) is 24.4. The molecule has 282 valence electrons. The zero-order valence-corrected chi connectivity index (χ0v) is 29.2. The van der Waals surface area contributed by atoms with Gasteiger partial charge in [-0.15, -0.1) is 0 Å². The van der Waals surface area contributed by atoms with E-state index in [-0.39, 0.29) is 71.1 Å². The number of thioether (sulfide) groups is 1. The lowest BCUT2D eigenvalue weighted by Gasteiger charge is -2.32. The molecule has 0 amide bonds. The van der Waals surface area contributed by atoms with Gasteiger partial charge in [-0.05, 0) is 38.8 Å². The Morgan fingerprint density at radius 1 is 1.19 bits per heavy atom. The quantitative estimate of drug-likeness (QED) is 0.254. The Morgan fingerprint density at radius 2 is 1.96 bits per heavy atom. The molecule has 2 saturated heterocycles. The van der Waals surface area contributed by atoms with Crippen molar-refractivity contribution in [1.82, 2.24) is 24.8 Å². The number of anilines is 2. The van der Waals surface area contributed by atoms with E-state index in [1.807, 2.05) is 11.0 Å². The molecule has 1 aliphatic carbocycles. The number of nitrogens with two attached hydrogens (primary N) is 2. The van der Waals surface area contributed by atoms with Crippen molar-refractivity contribution in [2.45, 2.75) is 49.9 Å². The number of nitrogens with zero attached hydrogens (tertiary/aromatic N) is 7. The number of aromatic nitrogens is 4. The Labute approximate surface area is 307 Å². The molecule has 1 aromatic carbocycles. The fourth-order valence-electron chi connectivity index (χ4n) is 8.35. The molecule has 54 heavy (non-hydrogen) atoms. The molecule has 6 heterocycles. The molecule has 2 fully saturated rings. The lowest BCUT2D eigenvalue weighted by atomic mass is 9.76. The van der Waals surface area contributed by atoms with E-state index in [0.29, 0.717) is 31.1 Å². The molecular weight excluding hydrogens is 743 g/mol. The van der Waals surface area contributed by atoms with Crippen molar-refractivity contribution < 1.29 is 40.2 Å². The summed E-state index contributed by atoms with van der Waals surface area (Å²) < 4.78 is 118. The molecule has 0 saturated carbocycles. The summed E-state index contributed by atoms with van der Waals surface area (Å²) in [7, 11) is 0. The van der Waals surface area contributed by atoms with Gasteiger partial charge in [0.1, 0.15) is 53.2 Å². The van der Waals surface area contributed by atoms with Gasteiger partial charge >= 0.3 is 12.2 Å². The second-order valence-corrected chi connectivity index (χ2v) is 14.8. The summed E-state index contributed by atoms with van der Waals surface area (Å²) in [5, 5.41) is 9.41. The molecule has 3 aromatic rings. The largest absolute Gasteiger partial charge is 0.490 e. The minimum atomic E-state index is -5.24. The van der Waals surface area contributed by atoms with E-state index in [9.17, 15) is 14.0 Å². The number of hydrogen-bond acceptors (Lipinski definition) is 12. The van der Waals surface area contributed by atoms with Crippen LogP contribution in [0.2, 0.25) is 0 Å². The first-order chi connectivity index (χ1) is 25.7. The highest BCUT2D eigenvalue weighted by molar-refractivity contribution is 8.07. The van der Waals surface area contributed by atoms with E-state index in [2.05, 4.69) is 19.9 Å². The van der Waals surface area contributed by atoms with E-state index in [0.717, 1.165) is 12.2 Å². The van der Waals surface area contributed by atoms with Crippen LogP contribution in [0.1, 0.15) is 55.0 Å². The Kier molecular flexibility index (Phi) is 8.67. The van der Waals surface area contributed by atoms with Crippen LogP contribution in [0.5, 0.6) is 11.8 Å². The van der Waals surface area contributed by atoms with Crippen molar-refractivity contribution in [2.75, 3.05) is 43.5 Å². The van der Waals surface area contributed by atoms with Gasteiger partial charge < -0.3 is 25.8 Å². The van der Waals surface area contributed by atoms with E-state index in [4.69, 9.17) is 20.9 Å². The average molecular weight is 774 g/mol. The topological polar surface area (TPSA) is 152 Å². The number of halogens is 7. The highest BCUT2D eigenvalue weighted by Crippen LogP contribution is 2.58. The summed E-state index contributed by atoms with van der Waals surface area (Å²) >= 11 is 0.696. The second-order valence-electron chi connectivity index (χ2n) is 13.7. The smallest absolute Gasteiger partial charge is 0.420 e. The molecule has 11 nitrogen and oxygen atoms in total. The van der Waals surface area contributed by atoms with E-state index in [1.54, 1.807) is 6.92 Å². The van der Waals surface area contributed by atoms with Crippen molar-refractivity contribution in [3.05, 3.63) is 80.2 Å². The van der Waals surface area contributed by atoms with Crippen LogP contribution < -0.4 is 25.8 Å². The Hall–Kier alpha value is -5.09. The molecular formula is C35H30F7N9O2S. The summed E-state index contributed by atoms with van der Waals surface area (Å²) in [6.07, 6.45) is -1.01. The number of hydrogen-bond donors (Lipinski definition) is 2. The lowest BCUT2D eigenvalue weighted by Crippen LogP contribution is -2.43. The maximum atomic E-state index is 17.4. The van der Waals surface area contributed by atoms with Crippen LogP contribution in [0.3, 0.4) is 0 Å².